The molecular weight excluding hydrogens is 316 g/mol. The number of pyridine rings is 1. The standard InChI is InChI=1S/C17H13ClN2O3/c18-12-5-3-11(4-6-12)10-19-16(21)13-7-8-14(20-17(13)22)15-2-1-9-23-15/h1-9H,10H2,(H,19,21)(H,20,22). The van der Waals surface area contributed by atoms with Gasteiger partial charge in [0.1, 0.15) is 11.3 Å². The molecule has 0 saturated carbocycles. The van der Waals surface area contributed by atoms with Gasteiger partial charge in [0.05, 0.1) is 12.0 Å². The molecule has 0 radical (unpaired) electrons. The summed E-state index contributed by atoms with van der Waals surface area (Å²) in [7, 11) is 0. The van der Waals surface area contributed by atoms with Gasteiger partial charge in [-0.25, -0.2) is 0 Å². The molecule has 2 heterocycles. The Morgan fingerprint density at radius 1 is 1.13 bits per heavy atom. The summed E-state index contributed by atoms with van der Waals surface area (Å²) in [5.74, 6) is 0.0995. The molecule has 0 bridgehead atoms. The van der Waals surface area contributed by atoms with E-state index in [0.717, 1.165) is 5.56 Å². The minimum Gasteiger partial charge on any atom is -0.463 e. The highest BCUT2D eigenvalue weighted by Gasteiger charge is 2.12. The number of H-pyrrole nitrogens is 1. The number of hydrogen-bond donors (Lipinski definition) is 2. The number of aromatic nitrogens is 1. The molecule has 0 aliphatic rings. The molecule has 5 nitrogen and oxygen atoms in total. The summed E-state index contributed by atoms with van der Waals surface area (Å²) in [6.07, 6.45) is 1.51. The lowest BCUT2D eigenvalue weighted by atomic mass is 10.2. The van der Waals surface area contributed by atoms with Crippen LogP contribution in [0.15, 0.2) is 64.0 Å². The van der Waals surface area contributed by atoms with E-state index in [2.05, 4.69) is 10.3 Å². The molecule has 3 rings (SSSR count). The van der Waals surface area contributed by atoms with Gasteiger partial charge in [-0.2, -0.15) is 0 Å². The zero-order valence-corrected chi connectivity index (χ0v) is 12.8. The van der Waals surface area contributed by atoms with Crippen molar-refractivity contribution in [3.05, 3.63) is 81.3 Å². The number of hydrogen-bond acceptors (Lipinski definition) is 3. The van der Waals surface area contributed by atoms with Gasteiger partial charge >= 0.3 is 0 Å². The van der Waals surface area contributed by atoms with E-state index in [9.17, 15) is 9.59 Å². The number of benzene rings is 1. The smallest absolute Gasteiger partial charge is 0.261 e. The highest BCUT2D eigenvalue weighted by molar-refractivity contribution is 6.30. The maximum atomic E-state index is 12.1. The fraction of sp³-hybridized carbons (Fsp3) is 0.0588. The molecule has 23 heavy (non-hydrogen) atoms. The highest BCUT2D eigenvalue weighted by atomic mass is 35.5. The largest absolute Gasteiger partial charge is 0.463 e. The van der Waals surface area contributed by atoms with Gasteiger partial charge in [0, 0.05) is 11.6 Å². The Kier molecular flexibility index (Phi) is 4.30. The Morgan fingerprint density at radius 3 is 2.57 bits per heavy atom. The summed E-state index contributed by atoms with van der Waals surface area (Å²) < 4.78 is 5.21. The highest BCUT2D eigenvalue weighted by Crippen LogP contribution is 2.15. The average molecular weight is 329 g/mol. The normalized spacial score (nSPS) is 10.5. The van der Waals surface area contributed by atoms with Crippen molar-refractivity contribution in [3.63, 3.8) is 0 Å². The number of halogens is 1. The minimum atomic E-state index is -0.465. The molecule has 0 unspecified atom stereocenters. The quantitative estimate of drug-likeness (QED) is 0.772. The maximum Gasteiger partial charge on any atom is 0.261 e. The third kappa shape index (κ3) is 3.52. The van der Waals surface area contributed by atoms with Crippen LogP contribution in [0.1, 0.15) is 15.9 Å². The predicted molar refractivity (Wildman–Crippen MR) is 87.4 cm³/mol. The summed E-state index contributed by atoms with van der Waals surface area (Å²) in [4.78, 5) is 26.8. The van der Waals surface area contributed by atoms with E-state index >= 15 is 0 Å². The molecule has 0 saturated heterocycles. The van der Waals surface area contributed by atoms with E-state index in [1.54, 1.807) is 30.3 Å². The van der Waals surface area contributed by atoms with Crippen LogP contribution in [0.5, 0.6) is 0 Å². The lowest BCUT2D eigenvalue weighted by Gasteiger charge is -2.06. The number of furan rings is 1. The SMILES string of the molecule is O=C(NCc1ccc(Cl)cc1)c1ccc(-c2ccco2)[nH]c1=O. The molecule has 1 amide bonds. The van der Waals surface area contributed by atoms with Gasteiger partial charge in [-0.1, -0.05) is 23.7 Å². The summed E-state index contributed by atoms with van der Waals surface area (Å²) in [6.45, 7) is 0.315. The van der Waals surface area contributed by atoms with Crippen molar-refractivity contribution in [2.24, 2.45) is 0 Å². The molecule has 116 valence electrons. The summed E-state index contributed by atoms with van der Waals surface area (Å²) in [6, 6.07) is 13.7. The minimum absolute atomic E-state index is 0.0502. The van der Waals surface area contributed by atoms with Gasteiger partial charge in [0.15, 0.2) is 0 Å². The van der Waals surface area contributed by atoms with E-state index < -0.39 is 11.5 Å². The van der Waals surface area contributed by atoms with Crippen LogP contribution in [0.25, 0.3) is 11.5 Å². The number of nitrogens with one attached hydrogen (secondary N) is 2. The Hall–Kier alpha value is -2.79. The zero-order chi connectivity index (χ0) is 16.2. The van der Waals surface area contributed by atoms with Gasteiger partial charge in [-0.3, -0.25) is 9.59 Å². The van der Waals surface area contributed by atoms with E-state index in [1.165, 1.54) is 12.3 Å². The monoisotopic (exact) mass is 328 g/mol. The topological polar surface area (TPSA) is 75.1 Å². The van der Waals surface area contributed by atoms with Gasteiger partial charge in [-0.15, -0.1) is 0 Å². The molecule has 2 aromatic heterocycles. The molecule has 0 spiro atoms. The van der Waals surface area contributed by atoms with Crippen LogP contribution >= 0.6 is 11.6 Å². The van der Waals surface area contributed by atoms with Gasteiger partial charge < -0.3 is 14.7 Å². The first-order valence-corrected chi connectivity index (χ1v) is 7.31. The van der Waals surface area contributed by atoms with Gasteiger partial charge in [-0.05, 0) is 42.0 Å². The Labute approximate surface area is 136 Å². The molecule has 0 aliphatic heterocycles. The number of carbonyl (C=O) groups excluding carboxylic acids is 1. The van der Waals surface area contributed by atoms with E-state index in [0.29, 0.717) is 23.0 Å². The van der Waals surface area contributed by atoms with E-state index in [1.807, 2.05) is 12.1 Å². The van der Waals surface area contributed by atoms with E-state index in [-0.39, 0.29) is 5.56 Å². The van der Waals surface area contributed by atoms with Crippen LogP contribution in [-0.2, 0) is 6.54 Å². The van der Waals surface area contributed by atoms with Crippen molar-refractivity contribution < 1.29 is 9.21 Å². The molecule has 3 aromatic rings. The fourth-order valence-corrected chi connectivity index (χ4v) is 2.23. The second-order valence-electron chi connectivity index (χ2n) is 4.90. The number of carbonyl (C=O) groups is 1. The number of amides is 1. The third-order valence-corrected chi connectivity index (χ3v) is 3.56. The van der Waals surface area contributed by atoms with Crippen LogP contribution in [0.4, 0.5) is 0 Å². The molecular formula is C17H13ClN2O3. The first kappa shape index (κ1) is 15.1. The Morgan fingerprint density at radius 2 is 1.91 bits per heavy atom. The molecule has 2 N–H and O–H groups in total. The molecule has 0 aliphatic carbocycles. The number of rotatable bonds is 4. The van der Waals surface area contributed by atoms with Crippen molar-refractivity contribution in [2.75, 3.05) is 0 Å². The molecule has 0 fully saturated rings. The van der Waals surface area contributed by atoms with Gasteiger partial charge in [0.25, 0.3) is 11.5 Å². The Balaban J connectivity index is 1.72. The maximum absolute atomic E-state index is 12.1. The predicted octanol–water partition coefficient (Wildman–Crippen LogP) is 3.22. The van der Waals surface area contributed by atoms with Crippen LogP contribution in [0.2, 0.25) is 5.02 Å². The Bertz CT molecular complexity index is 868. The summed E-state index contributed by atoms with van der Waals surface area (Å²) >= 11 is 5.81. The average Bonchev–Trinajstić information content (AvgIpc) is 3.08. The van der Waals surface area contributed by atoms with E-state index in [4.69, 9.17) is 16.0 Å². The first-order chi connectivity index (χ1) is 11.1. The van der Waals surface area contributed by atoms with Crippen molar-refractivity contribution >= 4 is 17.5 Å². The van der Waals surface area contributed by atoms with Crippen molar-refractivity contribution in [2.45, 2.75) is 6.54 Å². The van der Waals surface area contributed by atoms with Crippen molar-refractivity contribution in [1.82, 2.24) is 10.3 Å². The second-order valence-corrected chi connectivity index (χ2v) is 5.34. The van der Waals surface area contributed by atoms with Crippen molar-refractivity contribution in [3.8, 4) is 11.5 Å². The van der Waals surface area contributed by atoms with Crippen LogP contribution in [0, 0.1) is 0 Å². The lowest BCUT2D eigenvalue weighted by molar-refractivity contribution is 0.0949. The van der Waals surface area contributed by atoms with Crippen molar-refractivity contribution in [1.29, 1.82) is 0 Å². The fourth-order valence-electron chi connectivity index (χ4n) is 2.11. The second kappa shape index (κ2) is 6.54. The third-order valence-electron chi connectivity index (χ3n) is 3.31. The van der Waals surface area contributed by atoms with Crippen LogP contribution in [-0.4, -0.2) is 10.9 Å². The molecule has 1 aromatic carbocycles. The van der Waals surface area contributed by atoms with Gasteiger partial charge in [0.2, 0.25) is 0 Å². The molecule has 0 atom stereocenters. The summed E-state index contributed by atoms with van der Waals surface area (Å²) in [5, 5.41) is 3.33. The lowest BCUT2D eigenvalue weighted by Crippen LogP contribution is -2.29. The van der Waals surface area contributed by atoms with Crippen LogP contribution < -0.4 is 10.9 Å². The zero-order valence-electron chi connectivity index (χ0n) is 12.0. The number of aromatic amines is 1. The summed E-state index contributed by atoms with van der Waals surface area (Å²) in [5.41, 5.74) is 1.00. The first-order valence-electron chi connectivity index (χ1n) is 6.93. The molecule has 6 heteroatoms. The van der Waals surface area contributed by atoms with Crippen LogP contribution in [0.3, 0.4) is 0 Å².